The van der Waals surface area contributed by atoms with Crippen LogP contribution in [-0.2, 0) is 4.79 Å². The first-order valence-electron chi connectivity index (χ1n) is 7.50. The summed E-state index contributed by atoms with van der Waals surface area (Å²) in [6, 6.07) is 9.32. The largest absolute Gasteiger partial charge is 0.494 e. The van der Waals surface area contributed by atoms with Gasteiger partial charge in [0.2, 0.25) is 0 Å². The van der Waals surface area contributed by atoms with Crippen LogP contribution in [0.1, 0.15) is 32.1 Å². The van der Waals surface area contributed by atoms with E-state index in [1.807, 2.05) is 30.3 Å². The highest BCUT2D eigenvalue weighted by atomic mass is 35.5. The second kappa shape index (κ2) is 11.3. The number of nitrogens with two attached hydrogens (primary N) is 1. The van der Waals surface area contributed by atoms with Gasteiger partial charge in [-0.15, -0.1) is 12.4 Å². The van der Waals surface area contributed by atoms with Crippen molar-refractivity contribution in [1.82, 2.24) is 0 Å². The van der Waals surface area contributed by atoms with E-state index in [9.17, 15) is 9.90 Å². The lowest BCUT2D eigenvalue weighted by Crippen LogP contribution is -2.48. The third-order valence-electron chi connectivity index (χ3n) is 3.54. The Hall–Kier alpha value is -1.28. The maximum atomic E-state index is 11.3. The molecule has 1 aromatic rings. The predicted molar refractivity (Wildman–Crippen MR) is 91.8 cm³/mol. The Bertz CT molecular complexity index is 449. The van der Waals surface area contributed by atoms with Gasteiger partial charge in [0, 0.05) is 0 Å². The standard InChI is InChI=1S/C15H24BNO5.ClH/c17-15(14(18)19,9-4-5-11-16(20)21)10-6-12-22-13-7-2-1-3-8-13;/h1-3,7-8,20-21H,4-6,9-12,17H2,(H,18,19);1H. The number of rotatable bonds is 11. The van der Waals surface area contributed by atoms with E-state index in [1.54, 1.807) is 0 Å². The molecule has 0 aliphatic heterocycles. The molecule has 130 valence electrons. The summed E-state index contributed by atoms with van der Waals surface area (Å²) < 4.78 is 5.52. The van der Waals surface area contributed by atoms with E-state index in [1.165, 1.54) is 0 Å². The number of unbranched alkanes of at least 4 members (excludes halogenated alkanes) is 1. The van der Waals surface area contributed by atoms with Gasteiger partial charge in [-0.3, -0.25) is 4.79 Å². The number of halogens is 1. The smallest absolute Gasteiger partial charge is 0.451 e. The number of ether oxygens (including phenoxy) is 1. The van der Waals surface area contributed by atoms with Crippen molar-refractivity contribution in [2.24, 2.45) is 5.73 Å². The van der Waals surface area contributed by atoms with Gasteiger partial charge in [0.25, 0.3) is 0 Å². The Morgan fingerprint density at radius 1 is 1.13 bits per heavy atom. The molecular weight excluding hydrogens is 320 g/mol. The normalized spacial score (nSPS) is 12.8. The molecule has 0 amide bonds. The molecule has 0 aliphatic carbocycles. The first-order valence-corrected chi connectivity index (χ1v) is 7.50. The van der Waals surface area contributed by atoms with Crippen molar-refractivity contribution < 1.29 is 24.7 Å². The van der Waals surface area contributed by atoms with Gasteiger partial charge in [-0.05, 0) is 37.7 Å². The molecule has 1 atom stereocenters. The fourth-order valence-corrected chi connectivity index (χ4v) is 2.20. The summed E-state index contributed by atoms with van der Waals surface area (Å²) in [4.78, 5) is 11.3. The molecule has 1 unspecified atom stereocenters. The number of benzene rings is 1. The molecule has 0 spiro atoms. The van der Waals surface area contributed by atoms with Crippen molar-refractivity contribution in [1.29, 1.82) is 0 Å². The number of para-hydroxylation sites is 1. The quantitative estimate of drug-likeness (QED) is 0.358. The average molecular weight is 346 g/mol. The maximum absolute atomic E-state index is 11.3. The number of hydrogen-bond acceptors (Lipinski definition) is 5. The third kappa shape index (κ3) is 8.81. The predicted octanol–water partition coefficient (Wildman–Crippen LogP) is 1.69. The Labute approximate surface area is 143 Å². The van der Waals surface area contributed by atoms with Crippen LogP contribution < -0.4 is 10.5 Å². The van der Waals surface area contributed by atoms with Gasteiger partial charge < -0.3 is 25.6 Å². The molecule has 0 aliphatic rings. The zero-order valence-electron chi connectivity index (χ0n) is 13.1. The van der Waals surface area contributed by atoms with Crippen molar-refractivity contribution in [3.63, 3.8) is 0 Å². The molecule has 1 aromatic carbocycles. The summed E-state index contributed by atoms with van der Waals surface area (Å²) in [6.45, 7) is 0.408. The van der Waals surface area contributed by atoms with Crippen LogP contribution >= 0.6 is 12.4 Å². The molecular formula is C15H25BClNO5. The Kier molecular flexibility index (Phi) is 10.7. The second-order valence-electron chi connectivity index (χ2n) is 5.45. The molecule has 0 aromatic heterocycles. The average Bonchev–Trinajstić information content (AvgIpc) is 2.49. The lowest BCUT2D eigenvalue weighted by Gasteiger charge is -2.24. The summed E-state index contributed by atoms with van der Waals surface area (Å²) in [7, 11) is -1.35. The molecule has 6 nitrogen and oxygen atoms in total. The minimum Gasteiger partial charge on any atom is -0.494 e. The van der Waals surface area contributed by atoms with E-state index < -0.39 is 18.6 Å². The molecule has 5 N–H and O–H groups in total. The summed E-state index contributed by atoms with van der Waals surface area (Å²) >= 11 is 0. The van der Waals surface area contributed by atoms with Crippen molar-refractivity contribution in [3.8, 4) is 5.75 Å². The minimum absolute atomic E-state index is 0. The first kappa shape index (κ1) is 21.7. The van der Waals surface area contributed by atoms with Gasteiger partial charge in [0.05, 0.1) is 6.61 Å². The van der Waals surface area contributed by atoms with E-state index in [-0.39, 0.29) is 18.7 Å². The van der Waals surface area contributed by atoms with Crippen LogP contribution in [0.15, 0.2) is 30.3 Å². The fourth-order valence-electron chi connectivity index (χ4n) is 2.20. The number of carbonyl (C=O) groups is 1. The summed E-state index contributed by atoms with van der Waals surface area (Å²) in [6.07, 6.45) is 2.47. The summed E-state index contributed by atoms with van der Waals surface area (Å²) in [5.41, 5.74) is 4.67. The Morgan fingerprint density at radius 3 is 2.30 bits per heavy atom. The fraction of sp³-hybridized carbons (Fsp3) is 0.533. The highest BCUT2D eigenvalue weighted by Gasteiger charge is 2.32. The zero-order chi connectivity index (χ0) is 16.4. The van der Waals surface area contributed by atoms with E-state index in [4.69, 9.17) is 20.5 Å². The van der Waals surface area contributed by atoms with Crippen LogP contribution in [0.25, 0.3) is 0 Å². The van der Waals surface area contributed by atoms with Crippen molar-refractivity contribution in [2.45, 2.75) is 44.0 Å². The third-order valence-corrected chi connectivity index (χ3v) is 3.54. The molecule has 23 heavy (non-hydrogen) atoms. The van der Waals surface area contributed by atoms with Gasteiger partial charge in [0.15, 0.2) is 0 Å². The highest BCUT2D eigenvalue weighted by Crippen LogP contribution is 2.20. The second-order valence-corrected chi connectivity index (χ2v) is 5.45. The maximum Gasteiger partial charge on any atom is 0.451 e. The first-order chi connectivity index (χ1) is 10.4. The van der Waals surface area contributed by atoms with Crippen LogP contribution in [0.4, 0.5) is 0 Å². The molecule has 0 radical (unpaired) electrons. The van der Waals surface area contributed by atoms with Crippen LogP contribution in [0, 0.1) is 0 Å². The highest BCUT2D eigenvalue weighted by molar-refractivity contribution is 6.40. The number of carboxylic acid groups (broad SMARTS) is 1. The van der Waals surface area contributed by atoms with Crippen LogP contribution in [-0.4, -0.2) is 40.4 Å². The molecule has 1 rings (SSSR count). The summed E-state index contributed by atoms with van der Waals surface area (Å²) in [5.74, 6) is -0.283. The van der Waals surface area contributed by atoms with Crippen LogP contribution in [0.2, 0.25) is 6.32 Å². The van der Waals surface area contributed by atoms with E-state index in [2.05, 4.69) is 0 Å². The van der Waals surface area contributed by atoms with E-state index in [0.29, 0.717) is 38.7 Å². The minimum atomic E-state index is -1.35. The van der Waals surface area contributed by atoms with E-state index >= 15 is 0 Å². The van der Waals surface area contributed by atoms with Crippen LogP contribution in [0.3, 0.4) is 0 Å². The molecule has 0 fully saturated rings. The Balaban J connectivity index is 0.00000484. The monoisotopic (exact) mass is 345 g/mol. The topological polar surface area (TPSA) is 113 Å². The summed E-state index contributed by atoms with van der Waals surface area (Å²) in [5, 5.41) is 26.8. The van der Waals surface area contributed by atoms with Gasteiger partial charge in [-0.2, -0.15) is 0 Å². The number of carboxylic acids is 1. The molecule has 0 saturated heterocycles. The number of aliphatic carboxylic acids is 1. The molecule has 0 heterocycles. The van der Waals surface area contributed by atoms with E-state index in [0.717, 1.165) is 5.75 Å². The van der Waals surface area contributed by atoms with Crippen molar-refractivity contribution >= 4 is 25.5 Å². The SMILES string of the molecule is Cl.NC(CCCCB(O)O)(CCCOc1ccccc1)C(=O)O. The molecule has 8 heteroatoms. The van der Waals surface area contributed by atoms with Crippen molar-refractivity contribution in [3.05, 3.63) is 30.3 Å². The Morgan fingerprint density at radius 2 is 1.74 bits per heavy atom. The molecule has 0 bridgehead atoms. The van der Waals surface area contributed by atoms with Gasteiger partial charge >= 0.3 is 13.1 Å². The zero-order valence-corrected chi connectivity index (χ0v) is 13.9. The van der Waals surface area contributed by atoms with Gasteiger partial charge in [0.1, 0.15) is 11.3 Å². The number of hydrogen-bond donors (Lipinski definition) is 4. The van der Waals surface area contributed by atoms with Crippen molar-refractivity contribution in [2.75, 3.05) is 6.61 Å². The lowest BCUT2D eigenvalue weighted by molar-refractivity contribution is -0.144. The van der Waals surface area contributed by atoms with Gasteiger partial charge in [-0.25, -0.2) is 0 Å². The van der Waals surface area contributed by atoms with Gasteiger partial charge in [-0.1, -0.05) is 31.0 Å². The lowest BCUT2D eigenvalue weighted by atomic mass is 9.81. The van der Waals surface area contributed by atoms with Crippen LogP contribution in [0.5, 0.6) is 5.75 Å². The molecule has 0 saturated carbocycles.